The molecule has 294 valence electrons. The van der Waals surface area contributed by atoms with Gasteiger partial charge in [-0.15, -0.1) is 0 Å². The first-order chi connectivity index (χ1) is 26.4. The second-order valence-corrected chi connectivity index (χ2v) is 20.4. The minimum atomic E-state index is -2.00. The van der Waals surface area contributed by atoms with Crippen LogP contribution in [0.4, 0.5) is 0 Å². The van der Waals surface area contributed by atoms with Crippen molar-refractivity contribution in [1.82, 2.24) is 4.90 Å². The van der Waals surface area contributed by atoms with Gasteiger partial charge in [0.15, 0.2) is 11.5 Å². The van der Waals surface area contributed by atoms with Crippen molar-refractivity contribution in [2.45, 2.75) is 139 Å². The van der Waals surface area contributed by atoms with Crippen LogP contribution in [0.25, 0.3) is 0 Å². The molecule has 1 saturated heterocycles. The standard InChI is InChI=1S/C47H59NO6S/c1-42(2,3)43(4,49)37-29-45-24-25-47(37,51-5)41-46(45)26-27-48(30-31-16-17-31)38(45)28-32-18-19-36(40(52-41)39(32)46)54-55(50)53-35-20-22-44(23-21-35,33-12-8-6-9-13-33)34-14-10-7-11-15-34/h6-15,18-19,31,35,37-38,41,49H,16-17,20-30H2,1-5H3. The van der Waals surface area contributed by atoms with E-state index in [1.807, 2.05) is 20.1 Å². The molecule has 7 nitrogen and oxygen atoms in total. The number of benzene rings is 3. The molecule has 1 N–H and O–H groups in total. The Bertz CT molecular complexity index is 1930. The first-order valence-corrected chi connectivity index (χ1v) is 22.1. The molecule has 0 amide bonds. The van der Waals surface area contributed by atoms with Gasteiger partial charge in [-0.05, 0) is 118 Å². The van der Waals surface area contributed by atoms with Gasteiger partial charge in [-0.3, -0.25) is 9.08 Å². The number of piperidine rings is 1. The molecule has 0 radical (unpaired) electrons. The summed E-state index contributed by atoms with van der Waals surface area (Å²) < 4.78 is 40.7. The molecule has 8 heteroatoms. The Morgan fingerprint density at radius 1 is 0.873 bits per heavy atom. The maximum absolute atomic E-state index is 13.9. The third kappa shape index (κ3) is 5.09. The lowest BCUT2D eigenvalue weighted by atomic mass is 9.33. The summed E-state index contributed by atoms with van der Waals surface area (Å²) in [6, 6.07) is 26.2. The Morgan fingerprint density at radius 3 is 2.16 bits per heavy atom. The summed E-state index contributed by atoms with van der Waals surface area (Å²) in [7, 11) is 1.84. The summed E-state index contributed by atoms with van der Waals surface area (Å²) in [6.07, 6.45) is 10.4. The van der Waals surface area contributed by atoms with Gasteiger partial charge in [-0.25, -0.2) is 0 Å². The molecule has 8 aliphatic rings. The largest absolute Gasteiger partial charge is 0.482 e. The van der Waals surface area contributed by atoms with Crippen molar-refractivity contribution >= 4 is 11.4 Å². The predicted octanol–water partition coefficient (Wildman–Crippen LogP) is 8.61. The SMILES string of the molecule is COC12CCC3(CC1C(C)(O)C(C)(C)C)C1Cc4ccc(OS(=O)OC5CCC(c6ccccc6)(c6ccccc6)CC5)c5c4C3(CCN1CC1CC1)C2O5. The molecule has 3 aromatic carbocycles. The average molecular weight is 766 g/mol. The molecular weight excluding hydrogens is 707 g/mol. The van der Waals surface area contributed by atoms with Crippen molar-refractivity contribution in [2.75, 3.05) is 20.2 Å². The second-order valence-electron chi connectivity index (χ2n) is 19.7. The Kier molecular flexibility index (Phi) is 8.40. The zero-order valence-electron chi connectivity index (χ0n) is 33.4. The molecule has 2 spiro atoms. The van der Waals surface area contributed by atoms with E-state index < -0.39 is 22.6 Å². The summed E-state index contributed by atoms with van der Waals surface area (Å²) in [4.78, 5) is 2.83. The van der Waals surface area contributed by atoms with E-state index in [0.717, 1.165) is 76.0 Å². The van der Waals surface area contributed by atoms with Crippen LogP contribution in [0.5, 0.6) is 11.5 Å². The molecule has 4 bridgehead atoms. The van der Waals surface area contributed by atoms with E-state index in [1.54, 1.807) is 0 Å². The number of hydrogen-bond donors (Lipinski definition) is 1. The van der Waals surface area contributed by atoms with E-state index >= 15 is 0 Å². The highest BCUT2D eigenvalue weighted by atomic mass is 32.2. The van der Waals surface area contributed by atoms with Crippen LogP contribution in [0.1, 0.15) is 114 Å². The van der Waals surface area contributed by atoms with Crippen molar-refractivity contribution in [3.05, 3.63) is 95.1 Å². The second kappa shape index (κ2) is 12.6. The lowest BCUT2D eigenvalue weighted by molar-refractivity contribution is -0.312. The van der Waals surface area contributed by atoms with Crippen LogP contribution < -0.4 is 8.92 Å². The van der Waals surface area contributed by atoms with Crippen molar-refractivity contribution in [1.29, 1.82) is 0 Å². The molecule has 5 saturated carbocycles. The first-order valence-electron chi connectivity index (χ1n) is 21.1. The topological polar surface area (TPSA) is 77.5 Å². The normalized spacial score (nSPS) is 35.1. The smallest absolute Gasteiger partial charge is 0.360 e. The highest BCUT2D eigenvalue weighted by Crippen LogP contribution is 2.78. The van der Waals surface area contributed by atoms with E-state index in [1.165, 1.54) is 41.6 Å². The van der Waals surface area contributed by atoms with Crippen LogP contribution in [0, 0.1) is 22.7 Å². The molecule has 8 atom stereocenters. The lowest BCUT2D eigenvalue weighted by Crippen LogP contribution is -2.83. The average Bonchev–Trinajstić information content (AvgIpc) is 3.93. The van der Waals surface area contributed by atoms with Crippen LogP contribution in [-0.2, 0) is 37.5 Å². The van der Waals surface area contributed by atoms with Gasteiger partial charge in [0, 0.05) is 47.4 Å². The van der Waals surface area contributed by atoms with Crippen molar-refractivity contribution in [2.24, 2.45) is 22.7 Å². The minimum absolute atomic E-state index is 0.0659. The Balaban J connectivity index is 0.963. The van der Waals surface area contributed by atoms with Crippen LogP contribution in [0.3, 0.4) is 0 Å². The van der Waals surface area contributed by atoms with Crippen LogP contribution in [0.2, 0.25) is 0 Å². The minimum Gasteiger partial charge on any atom is -0.482 e. The number of methoxy groups -OCH3 is 1. The van der Waals surface area contributed by atoms with Crippen LogP contribution >= 0.6 is 0 Å². The number of ether oxygens (including phenoxy) is 2. The van der Waals surface area contributed by atoms with Gasteiger partial charge in [0.25, 0.3) is 0 Å². The van der Waals surface area contributed by atoms with E-state index in [0.29, 0.717) is 11.8 Å². The molecule has 6 aliphatic carbocycles. The number of aliphatic hydroxyl groups is 1. The predicted molar refractivity (Wildman–Crippen MR) is 214 cm³/mol. The highest BCUT2D eigenvalue weighted by Gasteiger charge is 2.82. The third-order valence-corrected chi connectivity index (χ3v) is 17.4. The molecule has 11 rings (SSSR count). The van der Waals surface area contributed by atoms with Crippen molar-refractivity contribution in [3.8, 4) is 11.5 Å². The molecule has 8 unspecified atom stereocenters. The van der Waals surface area contributed by atoms with E-state index in [2.05, 4.69) is 92.4 Å². The zero-order chi connectivity index (χ0) is 38.0. The van der Waals surface area contributed by atoms with Gasteiger partial charge in [-0.2, -0.15) is 4.21 Å². The Labute approximate surface area is 330 Å². The zero-order valence-corrected chi connectivity index (χ0v) is 34.2. The van der Waals surface area contributed by atoms with Crippen molar-refractivity contribution < 1.29 is 27.2 Å². The van der Waals surface area contributed by atoms with Gasteiger partial charge < -0.3 is 18.8 Å². The Morgan fingerprint density at radius 2 is 1.55 bits per heavy atom. The van der Waals surface area contributed by atoms with E-state index in [4.69, 9.17) is 17.8 Å². The molecule has 0 aromatic heterocycles. The maximum atomic E-state index is 13.9. The number of likely N-dealkylation sites (tertiary alicyclic amines) is 1. The van der Waals surface area contributed by atoms with E-state index in [9.17, 15) is 9.32 Å². The summed E-state index contributed by atoms with van der Waals surface area (Å²) >= 11 is -2.00. The highest BCUT2D eigenvalue weighted by molar-refractivity contribution is 7.75. The van der Waals surface area contributed by atoms with Gasteiger partial charge in [0.2, 0.25) is 0 Å². The van der Waals surface area contributed by atoms with Gasteiger partial charge >= 0.3 is 11.4 Å². The maximum Gasteiger partial charge on any atom is 0.360 e. The molecule has 2 heterocycles. The monoisotopic (exact) mass is 765 g/mol. The van der Waals surface area contributed by atoms with Gasteiger partial charge in [-0.1, -0.05) is 87.5 Å². The van der Waals surface area contributed by atoms with Crippen LogP contribution in [0.15, 0.2) is 72.8 Å². The number of rotatable bonds is 10. The quantitative estimate of drug-likeness (QED) is 0.222. The first kappa shape index (κ1) is 36.6. The van der Waals surface area contributed by atoms with Gasteiger partial charge in [0.1, 0.15) is 11.7 Å². The molecule has 2 aliphatic heterocycles. The summed E-state index contributed by atoms with van der Waals surface area (Å²) in [5, 5.41) is 12.6. The third-order valence-electron chi connectivity index (χ3n) is 16.7. The number of nitrogens with zero attached hydrogens (tertiary/aromatic N) is 1. The summed E-state index contributed by atoms with van der Waals surface area (Å²) in [5.74, 6) is 1.93. The summed E-state index contributed by atoms with van der Waals surface area (Å²) in [5.41, 5.74) is 2.78. The fourth-order valence-electron chi connectivity index (χ4n) is 13.3. The molecule has 3 aromatic rings. The number of fused-ring (bicyclic) bond motifs is 2. The fraction of sp³-hybridized carbons (Fsp3) is 0.617. The van der Waals surface area contributed by atoms with Gasteiger partial charge in [0.05, 0.1) is 11.7 Å². The fourth-order valence-corrected chi connectivity index (χ4v) is 14.0. The number of hydrogen-bond acceptors (Lipinski definition) is 7. The molecule has 6 fully saturated rings. The molecular formula is C47H59NO6S. The lowest BCUT2D eigenvalue weighted by Gasteiger charge is -2.75. The molecule has 55 heavy (non-hydrogen) atoms. The van der Waals surface area contributed by atoms with Crippen LogP contribution in [-0.4, -0.2) is 63.9 Å². The van der Waals surface area contributed by atoms with E-state index in [-0.39, 0.29) is 39.8 Å². The van der Waals surface area contributed by atoms with Crippen molar-refractivity contribution in [3.63, 3.8) is 0 Å². The summed E-state index contributed by atoms with van der Waals surface area (Å²) in [6.45, 7) is 10.7. The Hall–Kier alpha value is -2.75.